The number of carbonyl (C=O) groups is 2. The Labute approximate surface area is 259 Å². The number of carboxylic acids is 1. The lowest BCUT2D eigenvalue weighted by molar-refractivity contribution is -0.192. The topological polar surface area (TPSA) is 123 Å². The van der Waals surface area contributed by atoms with Gasteiger partial charge in [0.15, 0.2) is 0 Å². The third-order valence-corrected chi connectivity index (χ3v) is 7.61. The van der Waals surface area contributed by atoms with Crippen molar-refractivity contribution in [3.05, 3.63) is 60.3 Å². The fraction of sp³-hybridized carbons (Fsp3) is 0.419. The van der Waals surface area contributed by atoms with Crippen molar-refractivity contribution in [3.8, 4) is 11.8 Å². The molecule has 1 fully saturated rings. The smallest absolute Gasteiger partial charge is 0.490 e. The zero-order chi connectivity index (χ0) is 32.9. The van der Waals surface area contributed by atoms with Crippen LogP contribution in [-0.4, -0.2) is 108 Å². The van der Waals surface area contributed by atoms with Crippen molar-refractivity contribution in [1.82, 2.24) is 19.8 Å². The third kappa shape index (κ3) is 8.12. The maximum absolute atomic E-state index is 12.1. The van der Waals surface area contributed by atoms with Gasteiger partial charge in [0, 0.05) is 61.5 Å². The van der Waals surface area contributed by atoms with E-state index in [-0.39, 0.29) is 17.7 Å². The highest BCUT2D eigenvalue weighted by molar-refractivity contribution is 5.96. The first-order valence-electron chi connectivity index (χ1n) is 14.4. The van der Waals surface area contributed by atoms with Crippen LogP contribution in [0, 0.1) is 0 Å². The number of hydrogen-bond acceptors (Lipinski definition) is 9. The van der Waals surface area contributed by atoms with Gasteiger partial charge in [-0.15, -0.1) is 0 Å². The quantitative estimate of drug-likeness (QED) is 0.374. The van der Waals surface area contributed by atoms with Crippen LogP contribution in [0.15, 0.2) is 49.1 Å². The lowest BCUT2D eigenvalue weighted by Crippen LogP contribution is -2.49. The normalized spacial score (nSPS) is 16.6. The number of carboxylic acid groups (broad SMARTS) is 1. The van der Waals surface area contributed by atoms with E-state index in [0.29, 0.717) is 45.3 Å². The summed E-state index contributed by atoms with van der Waals surface area (Å²) in [4.78, 5) is 39.2. The van der Waals surface area contributed by atoms with Gasteiger partial charge in [0.1, 0.15) is 18.2 Å². The van der Waals surface area contributed by atoms with Gasteiger partial charge in [-0.3, -0.25) is 4.79 Å². The van der Waals surface area contributed by atoms with Crippen LogP contribution < -0.4 is 14.5 Å². The number of halogens is 3. The number of aromatic hydroxyl groups is 1. The molecule has 1 unspecified atom stereocenters. The van der Waals surface area contributed by atoms with Crippen LogP contribution >= 0.6 is 0 Å². The van der Waals surface area contributed by atoms with E-state index in [0.717, 1.165) is 46.5 Å². The van der Waals surface area contributed by atoms with Crippen LogP contribution in [0.2, 0.25) is 0 Å². The molecule has 11 nitrogen and oxygen atoms in total. The van der Waals surface area contributed by atoms with Crippen molar-refractivity contribution in [1.29, 1.82) is 0 Å². The zero-order valence-electron chi connectivity index (χ0n) is 25.4. The molecule has 0 bridgehead atoms. The molecule has 3 heterocycles. The summed E-state index contributed by atoms with van der Waals surface area (Å²) in [5.41, 5.74) is 3.05. The predicted octanol–water partition coefficient (Wildman–Crippen LogP) is 3.69. The molecule has 2 aromatic carbocycles. The van der Waals surface area contributed by atoms with Crippen LogP contribution in [0.5, 0.6) is 11.8 Å². The zero-order valence-corrected chi connectivity index (χ0v) is 25.4. The number of rotatable bonds is 7. The maximum atomic E-state index is 12.1. The Bertz CT molecular complexity index is 1540. The van der Waals surface area contributed by atoms with E-state index in [1.54, 1.807) is 6.07 Å². The largest absolute Gasteiger partial charge is 0.508 e. The van der Waals surface area contributed by atoms with Gasteiger partial charge in [0.2, 0.25) is 5.91 Å². The highest BCUT2D eigenvalue weighted by Gasteiger charge is 2.38. The number of phenols is 1. The van der Waals surface area contributed by atoms with Crippen molar-refractivity contribution >= 4 is 34.2 Å². The molecule has 2 aliphatic heterocycles. The summed E-state index contributed by atoms with van der Waals surface area (Å²) in [6.07, 6.45) is -2.95. The van der Waals surface area contributed by atoms with Crippen LogP contribution in [0.25, 0.3) is 10.8 Å². The number of piperazine rings is 1. The van der Waals surface area contributed by atoms with Gasteiger partial charge in [0.05, 0.1) is 12.2 Å². The average Bonchev–Trinajstić information content (AvgIpc) is 2.99. The first-order chi connectivity index (χ1) is 21.3. The Balaban J connectivity index is 0.000000591. The number of aliphatic carboxylic acids is 1. The number of fused-ring (bicyclic) bond motifs is 2. The highest BCUT2D eigenvalue weighted by atomic mass is 19.4. The second kappa shape index (κ2) is 14.0. The summed E-state index contributed by atoms with van der Waals surface area (Å²) in [5, 5.41) is 19.7. The van der Waals surface area contributed by atoms with Gasteiger partial charge in [-0.1, -0.05) is 30.8 Å². The number of carbonyl (C=O) groups excluding carboxylic acids is 1. The van der Waals surface area contributed by atoms with Gasteiger partial charge in [-0.2, -0.15) is 23.1 Å². The maximum Gasteiger partial charge on any atom is 0.490 e. The number of phenolic OH excluding ortho intramolecular Hbond substituents is 1. The van der Waals surface area contributed by atoms with E-state index in [4.69, 9.17) is 24.6 Å². The van der Waals surface area contributed by atoms with Gasteiger partial charge in [0.25, 0.3) is 0 Å². The Morgan fingerprint density at radius 1 is 1.13 bits per heavy atom. The lowest BCUT2D eigenvalue weighted by Gasteiger charge is -2.40. The number of ether oxygens (including phenoxy) is 1. The molecule has 2 N–H and O–H groups in total. The van der Waals surface area contributed by atoms with Crippen molar-refractivity contribution < 1.29 is 37.7 Å². The van der Waals surface area contributed by atoms with E-state index in [1.807, 2.05) is 43.3 Å². The predicted molar refractivity (Wildman–Crippen MR) is 164 cm³/mol. The van der Waals surface area contributed by atoms with Crippen molar-refractivity contribution in [2.45, 2.75) is 32.1 Å². The third-order valence-electron chi connectivity index (χ3n) is 7.61. The van der Waals surface area contributed by atoms with Crippen LogP contribution in [0.1, 0.15) is 18.2 Å². The molecule has 45 heavy (non-hydrogen) atoms. The van der Waals surface area contributed by atoms with Crippen molar-refractivity contribution in [2.75, 3.05) is 63.2 Å². The summed E-state index contributed by atoms with van der Waals surface area (Å²) < 4.78 is 37.8. The van der Waals surface area contributed by atoms with E-state index in [1.165, 1.54) is 6.08 Å². The van der Waals surface area contributed by atoms with Gasteiger partial charge in [-0.05, 0) is 45.0 Å². The summed E-state index contributed by atoms with van der Waals surface area (Å²) in [6, 6.07) is 12.3. The summed E-state index contributed by atoms with van der Waals surface area (Å²) >= 11 is 0. The molecule has 3 aromatic rings. The Morgan fingerprint density at radius 2 is 1.80 bits per heavy atom. The number of aromatic nitrogens is 2. The number of likely N-dealkylation sites (N-methyl/N-ethyl adjacent to an activating group) is 1. The molecule has 1 saturated heterocycles. The fourth-order valence-corrected chi connectivity index (χ4v) is 5.31. The molecule has 0 aliphatic carbocycles. The molecular weight excluding hydrogens is 593 g/mol. The lowest BCUT2D eigenvalue weighted by atomic mass is 9.96. The molecule has 5 rings (SSSR count). The summed E-state index contributed by atoms with van der Waals surface area (Å²) in [5.74, 6) is -1.65. The Hall–Kier alpha value is -4.59. The number of hydrogen-bond donors (Lipinski definition) is 2. The monoisotopic (exact) mass is 630 g/mol. The summed E-state index contributed by atoms with van der Waals surface area (Å²) in [7, 11) is 4.01. The van der Waals surface area contributed by atoms with E-state index in [2.05, 4.69) is 34.3 Å². The number of anilines is 2. The minimum absolute atomic E-state index is 0.0373. The molecule has 0 radical (unpaired) electrons. The standard InChI is InChI=1S/C29H36N6O3.C2HF3O2/c1-5-27(37)33-10-12-34(13-11-33)28-24-16-20(2)35(19-25(24)30-29(31-28)38-15-14-32(3)4)26-18-22(36)17-21-8-6-7-9-23(21)26;3-2(4,5)1(6)7/h5-9,17-18,20,36H,1,10-16,19H2,2-4H3;(H,6,7). The molecule has 242 valence electrons. The average molecular weight is 631 g/mol. The number of nitrogens with zero attached hydrogens (tertiary/aromatic N) is 6. The van der Waals surface area contributed by atoms with Crippen molar-refractivity contribution in [2.24, 2.45) is 0 Å². The van der Waals surface area contributed by atoms with E-state index in [9.17, 15) is 23.1 Å². The minimum Gasteiger partial charge on any atom is -0.508 e. The van der Waals surface area contributed by atoms with Crippen LogP contribution in [0.3, 0.4) is 0 Å². The van der Waals surface area contributed by atoms with Crippen molar-refractivity contribution in [3.63, 3.8) is 0 Å². The molecule has 14 heteroatoms. The van der Waals surface area contributed by atoms with Gasteiger partial charge < -0.3 is 34.5 Å². The van der Waals surface area contributed by atoms with Crippen LogP contribution in [0.4, 0.5) is 24.7 Å². The SMILES string of the molecule is C=CC(=O)N1CCN(c2nc(OCCN(C)C)nc3c2CC(C)N(c2cc(O)cc4ccccc24)C3)CC1.O=C(O)C(F)(F)F. The second-order valence-electron chi connectivity index (χ2n) is 11.1. The molecule has 1 atom stereocenters. The van der Waals surface area contributed by atoms with Crippen LogP contribution in [-0.2, 0) is 22.6 Å². The first-order valence-corrected chi connectivity index (χ1v) is 14.4. The van der Waals surface area contributed by atoms with E-state index < -0.39 is 12.1 Å². The molecule has 2 aliphatic rings. The second-order valence-corrected chi connectivity index (χ2v) is 11.1. The Kier molecular flexibility index (Phi) is 10.4. The molecule has 1 amide bonds. The molecular formula is C31H37F3N6O5. The number of benzene rings is 2. The molecule has 0 spiro atoms. The van der Waals surface area contributed by atoms with Gasteiger partial charge in [-0.25, -0.2) is 4.79 Å². The molecule has 0 saturated carbocycles. The summed E-state index contributed by atoms with van der Waals surface area (Å²) in [6.45, 7) is 10.3. The highest BCUT2D eigenvalue weighted by Crippen LogP contribution is 2.38. The Morgan fingerprint density at radius 3 is 2.42 bits per heavy atom. The van der Waals surface area contributed by atoms with E-state index >= 15 is 0 Å². The fourth-order valence-electron chi connectivity index (χ4n) is 5.31. The molecule has 1 aromatic heterocycles. The minimum atomic E-state index is -5.08. The number of alkyl halides is 3. The first kappa shape index (κ1) is 33.3. The number of amides is 1. The van der Waals surface area contributed by atoms with Gasteiger partial charge >= 0.3 is 18.2 Å².